The quantitative estimate of drug-likeness (QED) is 0.314. The molecule has 0 saturated carbocycles. The Morgan fingerprint density at radius 3 is 1.80 bits per heavy atom. The van der Waals surface area contributed by atoms with Gasteiger partial charge in [0.1, 0.15) is 0 Å². The van der Waals surface area contributed by atoms with E-state index in [1.807, 2.05) is 0 Å². The van der Waals surface area contributed by atoms with Gasteiger partial charge in [-0.05, 0) is 19.8 Å². The second-order valence-corrected chi connectivity index (χ2v) is 5.24. The number of carboxylic acids is 1. The van der Waals surface area contributed by atoms with Crippen LogP contribution in [0.2, 0.25) is 0 Å². The first-order chi connectivity index (χ1) is 9.54. The monoisotopic (exact) mass is 284 g/mol. The summed E-state index contributed by atoms with van der Waals surface area (Å²) in [5, 5.41) is 8.49. The fourth-order valence-corrected chi connectivity index (χ4v) is 1.90. The average Bonchev–Trinajstić information content (AvgIpc) is 2.39. The molecule has 0 amide bonds. The summed E-state index contributed by atoms with van der Waals surface area (Å²) >= 11 is 0. The number of carboxylic acid groups (broad SMARTS) is 1. The van der Waals surface area contributed by atoms with Crippen molar-refractivity contribution in [2.75, 3.05) is 6.61 Å². The first-order valence-electron chi connectivity index (χ1n) is 7.58. The molecular weight excluding hydrogens is 256 g/mol. The van der Waals surface area contributed by atoms with Crippen molar-refractivity contribution in [1.82, 2.24) is 0 Å². The molecule has 0 heterocycles. The van der Waals surface area contributed by atoms with E-state index in [2.05, 4.69) is 6.58 Å². The normalized spacial score (nSPS) is 10.2. The summed E-state index contributed by atoms with van der Waals surface area (Å²) in [6.45, 7) is 5.67. The Bertz CT molecular complexity index is 297. The second-order valence-electron chi connectivity index (χ2n) is 5.24. The molecule has 4 nitrogen and oxygen atoms in total. The second kappa shape index (κ2) is 12.7. The van der Waals surface area contributed by atoms with Crippen LogP contribution in [0.15, 0.2) is 12.2 Å². The number of esters is 1. The average molecular weight is 284 g/mol. The van der Waals surface area contributed by atoms with Crippen LogP contribution in [0.4, 0.5) is 0 Å². The molecule has 0 aromatic carbocycles. The molecule has 4 heteroatoms. The van der Waals surface area contributed by atoms with Crippen molar-refractivity contribution in [3.8, 4) is 0 Å². The third-order valence-corrected chi connectivity index (χ3v) is 3.12. The molecule has 20 heavy (non-hydrogen) atoms. The van der Waals surface area contributed by atoms with Crippen LogP contribution in [-0.2, 0) is 14.3 Å². The van der Waals surface area contributed by atoms with Crippen molar-refractivity contribution in [1.29, 1.82) is 0 Å². The molecule has 0 rings (SSSR count). The number of hydrogen-bond acceptors (Lipinski definition) is 3. The van der Waals surface area contributed by atoms with Gasteiger partial charge in [0.2, 0.25) is 0 Å². The van der Waals surface area contributed by atoms with E-state index in [0.29, 0.717) is 18.6 Å². The van der Waals surface area contributed by atoms with Gasteiger partial charge in [-0.15, -0.1) is 0 Å². The van der Waals surface area contributed by atoms with Crippen molar-refractivity contribution in [2.45, 2.75) is 71.1 Å². The van der Waals surface area contributed by atoms with Gasteiger partial charge in [-0.2, -0.15) is 0 Å². The molecular formula is C16H28O4. The van der Waals surface area contributed by atoms with Crippen LogP contribution >= 0.6 is 0 Å². The molecule has 0 radical (unpaired) electrons. The minimum absolute atomic E-state index is 0.295. The van der Waals surface area contributed by atoms with Gasteiger partial charge in [0.25, 0.3) is 0 Å². The zero-order valence-electron chi connectivity index (χ0n) is 12.7. The van der Waals surface area contributed by atoms with Gasteiger partial charge in [0.05, 0.1) is 6.61 Å². The standard InChI is InChI=1S/C16H28O4/c1-14(2)16(19)20-13-11-9-7-5-3-4-6-8-10-12-15(17)18/h1,3-13H2,2H3,(H,17,18). The lowest BCUT2D eigenvalue weighted by Gasteiger charge is -2.04. The minimum Gasteiger partial charge on any atom is -0.481 e. The summed E-state index contributed by atoms with van der Waals surface area (Å²) in [4.78, 5) is 21.4. The van der Waals surface area contributed by atoms with Gasteiger partial charge < -0.3 is 9.84 Å². The van der Waals surface area contributed by atoms with Gasteiger partial charge in [-0.25, -0.2) is 4.79 Å². The Labute approximate surface area is 122 Å². The molecule has 116 valence electrons. The molecule has 1 N–H and O–H groups in total. The Morgan fingerprint density at radius 2 is 1.35 bits per heavy atom. The topological polar surface area (TPSA) is 63.6 Å². The van der Waals surface area contributed by atoms with Crippen molar-refractivity contribution in [3.63, 3.8) is 0 Å². The van der Waals surface area contributed by atoms with E-state index in [0.717, 1.165) is 32.1 Å². The number of hydrogen-bond donors (Lipinski definition) is 1. The molecule has 0 spiro atoms. The molecule has 0 fully saturated rings. The van der Waals surface area contributed by atoms with E-state index < -0.39 is 5.97 Å². The number of aliphatic carboxylic acids is 1. The van der Waals surface area contributed by atoms with Gasteiger partial charge >= 0.3 is 11.9 Å². The van der Waals surface area contributed by atoms with Crippen molar-refractivity contribution >= 4 is 11.9 Å². The number of carbonyl (C=O) groups excluding carboxylic acids is 1. The summed E-state index contributed by atoms with van der Waals surface area (Å²) in [5.74, 6) is -0.997. The summed E-state index contributed by atoms with van der Waals surface area (Å²) in [7, 11) is 0. The Hall–Kier alpha value is -1.32. The van der Waals surface area contributed by atoms with E-state index in [9.17, 15) is 9.59 Å². The van der Waals surface area contributed by atoms with Gasteiger partial charge in [0, 0.05) is 12.0 Å². The molecule has 0 atom stereocenters. The maximum atomic E-state index is 11.1. The Kier molecular flexibility index (Phi) is 11.9. The smallest absolute Gasteiger partial charge is 0.333 e. The van der Waals surface area contributed by atoms with Gasteiger partial charge in [0.15, 0.2) is 0 Å². The van der Waals surface area contributed by atoms with Crippen LogP contribution in [0.1, 0.15) is 71.1 Å². The molecule has 0 aliphatic rings. The number of ether oxygens (including phenoxy) is 1. The highest BCUT2D eigenvalue weighted by atomic mass is 16.5. The van der Waals surface area contributed by atoms with E-state index in [1.54, 1.807) is 6.92 Å². The minimum atomic E-state index is -0.697. The van der Waals surface area contributed by atoms with Crippen LogP contribution in [0.25, 0.3) is 0 Å². The van der Waals surface area contributed by atoms with Crippen molar-refractivity contribution in [3.05, 3.63) is 12.2 Å². The molecule has 0 aliphatic carbocycles. The summed E-state index contributed by atoms with van der Waals surface area (Å²) in [6, 6.07) is 0. The van der Waals surface area contributed by atoms with Gasteiger partial charge in [-0.1, -0.05) is 51.5 Å². The third kappa shape index (κ3) is 13.1. The van der Waals surface area contributed by atoms with Gasteiger partial charge in [-0.3, -0.25) is 4.79 Å². The predicted molar refractivity (Wildman–Crippen MR) is 79.6 cm³/mol. The van der Waals surface area contributed by atoms with E-state index >= 15 is 0 Å². The first kappa shape index (κ1) is 18.7. The number of unbranched alkanes of at least 4 members (excludes halogenated alkanes) is 8. The highest BCUT2D eigenvalue weighted by Gasteiger charge is 2.01. The largest absolute Gasteiger partial charge is 0.481 e. The molecule has 0 saturated heterocycles. The highest BCUT2D eigenvalue weighted by molar-refractivity contribution is 5.86. The number of carbonyl (C=O) groups is 2. The van der Waals surface area contributed by atoms with Crippen LogP contribution in [0.3, 0.4) is 0 Å². The number of rotatable bonds is 13. The predicted octanol–water partition coefficient (Wildman–Crippen LogP) is 4.09. The SMILES string of the molecule is C=C(C)C(=O)OCCCCCCCCCCCC(=O)O. The maximum absolute atomic E-state index is 11.1. The van der Waals surface area contributed by atoms with Crippen LogP contribution in [0, 0.1) is 0 Å². The summed E-state index contributed by atoms with van der Waals surface area (Å²) < 4.78 is 5.01. The molecule has 0 aliphatic heterocycles. The molecule has 0 aromatic heterocycles. The Morgan fingerprint density at radius 1 is 0.900 bits per heavy atom. The van der Waals surface area contributed by atoms with E-state index in [4.69, 9.17) is 9.84 Å². The maximum Gasteiger partial charge on any atom is 0.333 e. The van der Waals surface area contributed by atoms with E-state index in [-0.39, 0.29) is 5.97 Å². The zero-order valence-corrected chi connectivity index (χ0v) is 12.7. The lowest BCUT2D eigenvalue weighted by molar-refractivity contribution is -0.139. The van der Waals surface area contributed by atoms with Crippen molar-refractivity contribution in [2.24, 2.45) is 0 Å². The van der Waals surface area contributed by atoms with E-state index in [1.165, 1.54) is 25.7 Å². The lowest BCUT2D eigenvalue weighted by Crippen LogP contribution is -2.05. The third-order valence-electron chi connectivity index (χ3n) is 3.12. The molecule has 0 aromatic rings. The van der Waals surface area contributed by atoms with Crippen LogP contribution < -0.4 is 0 Å². The molecule has 0 unspecified atom stereocenters. The van der Waals surface area contributed by atoms with Crippen molar-refractivity contribution < 1.29 is 19.4 Å². The fourth-order valence-electron chi connectivity index (χ4n) is 1.90. The first-order valence-corrected chi connectivity index (χ1v) is 7.58. The zero-order chi connectivity index (χ0) is 15.2. The summed E-state index contributed by atoms with van der Waals surface area (Å²) in [5.41, 5.74) is 0.452. The summed E-state index contributed by atoms with van der Waals surface area (Å²) in [6.07, 6.45) is 10.00. The fraction of sp³-hybridized carbons (Fsp3) is 0.750. The molecule has 0 bridgehead atoms. The van der Waals surface area contributed by atoms with Crippen LogP contribution in [0.5, 0.6) is 0 Å². The van der Waals surface area contributed by atoms with Crippen LogP contribution in [-0.4, -0.2) is 23.7 Å². The Balaban J connectivity index is 3.12. The lowest BCUT2D eigenvalue weighted by atomic mass is 10.1. The highest BCUT2D eigenvalue weighted by Crippen LogP contribution is 2.10.